The van der Waals surface area contributed by atoms with E-state index in [0.29, 0.717) is 5.41 Å². The number of halogens is 1. The molecule has 4 fully saturated rings. The van der Waals surface area contributed by atoms with Gasteiger partial charge in [-0.15, -0.1) is 11.3 Å². The highest BCUT2D eigenvalue weighted by Gasteiger charge is 2.51. The van der Waals surface area contributed by atoms with Gasteiger partial charge in [0.1, 0.15) is 0 Å². The van der Waals surface area contributed by atoms with Gasteiger partial charge in [0, 0.05) is 14.2 Å². The Morgan fingerprint density at radius 3 is 2.25 bits per heavy atom. The van der Waals surface area contributed by atoms with Gasteiger partial charge in [-0.25, -0.2) is 0 Å². The molecule has 0 saturated heterocycles. The summed E-state index contributed by atoms with van der Waals surface area (Å²) in [7, 11) is 0. The summed E-state index contributed by atoms with van der Waals surface area (Å²) in [6, 6.07) is 2.13. The van der Waals surface area contributed by atoms with Gasteiger partial charge in [-0.05, 0) is 97.0 Å². The van der Waals surface area contributed by atoms with Crippen molar-refractivity contribution in [2.24, 2.45) is 23.2 Å². The smallest absolute Gasteiger partial charge is 0.0887 e. The Bertz CT molecular complexity index is 466. The van der Waals surface area contributed by atoms with Gasteiger partial charge >= 0.3 is 0 Å². The molecule has 20 heavy (non-hydrogen) atoms. The lowest BCUT2D eigenvalue weighted by atomic mass is 9.48. The van der Waals surface area contributed by atoms with Crippen LogP contribution in [0.5, 0.6) is 0 Å². The van der Waals surface area contributed by atoms with Crippen molar-refractivity contribution in [3.63, 3.8) is 0 Å². The largest absolute Gasteiger partial charge is 0.388 e. The molecule has 3 heteroatoms. The molecule has 1 aromatic rings. The molecule has 1 nitrogen and oxygen atoms in total. The molecule has 110 valence electrons. The van der Waals surface area contributed by atoms with Crippen molar-refractivity contribution < 1.29 is 5.11 Å². The van der Waals surface area contributed by atoms with Crippen molar-refractivity contribution in [2.75, 3.05) is 0 Å². The van der Waals surface area contributed by atoms with E-state index in [0.717, 1.165) is 33.5 Å². The molecule has 5 rings (SSSR count). The quantitative estimate of drug-likeness (QED) is 0.763. The first-order valence-corrected chi connectivity index (χ1v) is 9.58. The molecule has 4 saturated carbocycles. The SMILES string of the molecule is Cc1sc(C(O)CC23CC4CC(CC(C4)C2)C3)cc1Br. The molecule has 0 aromatic carbocycles. The lowest BCUT2D eigenvalue weighted by Gasteiger charge is -2.57. The average Bonchev–Trinajstić information content (AvgIpc) is 2.67. The molecule has 4 bridgehead atoms. The predicted molar refractivity (Wildman–Crippen MR) is 86.9 cm³/mol. The molecule has 4 aliphatic carbocycles. The molecule has 1 unspecified atom stereocenters. The van der Waals surface area contributed by atoms with Crippen molar-refractivity contribution in [1.29, 1.82) is 0 Å². The van der Waals surface area contributed by atoms with Gasteiger partial charge in [0.25, 0.3) is 0 Å². The van der Waals surface area contributed by atoms with E-state index in [1.807, 2.05) is 0 Å². The maximum Gasteiger partial charge on any atom is 0.0887 e. The lowest BCUT2D eigenvalue weighted by molar-refractivity contribution is -0.0760. The third kappa shape index (κ3) is 2.30. The van der Waals surface area contributed by atoms with Crippen LogP contribution in [0.2, 0.25) is 0 Å². The van der Waals surface area contributed by atoms with Crippen LogP contribution in [-0.2, 0) is 0 Å². The van der Waals surface area contributed by atoms with Gasteiger partial charge in [0.15, 0.2) is 0 Å². The van der Waals surface area contributed by atoms with E-state index in [1.165, 1.54) is 43.4 Å². The summed E-state index contributed by atoms with van der Waals surface area (Å²) >= 11 is 5.33. The normalized spacial score (nSPS) is 40.2. The molecule has 0 spiro atoms. The second kappa shape index (κ2) is 4.82. The van der Waals surface area contributed by atoms with Gasteiger partial charge in [-0.3, -0.25) is 0 Å². The highest BCUT2D eigenvalue weighted by atomic mass is 79.9. The van der Waals surface area contributed by atoms with Crippen LogP contribution >= 0.6 is 27.3 Å². The number of aliphatic hydroxyl groups is 1. The Morgan fingerprint density at radius 2 is 1.80 bits per heavy atom. The summed E-state index contributed by atoms with van der Waals surface area (Å²) in [5.41, 5.74) is 0.471. The second-order valence-electron chi connectivity index (χ2n) is 7.69. The molecule has 0 amide bonds. The number of hydrogen-bond acceptors (Lipinski definition) is 2. The van der Waals surface area contributed by atoms with Crippen LogP contribution in [0.3, 0.4) is 0 Å². The van der Waals surface area contributed by atoms with Gasteiger partial charge in [0.05, 0.1) is 6.10 Å². The van der Waals surface area contributed by atoms with Crippen molar-refractivity contribution in [3.8, 4) is 0 Å². The van der Waals surface area contributed by atoms with Crippen molar-refractivity contribution >= 4 is 27.3 Å². The summed E-state index contributed by atoms with van der Waals surface area (Å²) in [5.74, 6) is 2.93. The van der Waals surface area contributed by atoms with Crippen LogP contribution in [0.4, 0.5) is 0 Å². The van der Waals surface area contributed by atoms with E-state index >= 15 is 0 Å². The first-order valence-electron chi connectivity index (χ1n) is 7.97. The number of rotatable bonds is 3. The van der Waals surface area contributed by atoms with Crippen LogP contribution in [0.25, 0.3) is 0 Å². The Balaban J connectivity index is 1.53. The number of aliphatic hydroxyl groups excluding tert-OH is 1. The van der Waals surface area contributed by atoms with E-state index in [2.05, 4.69) is 28.9 Å². The molecule has 1 aromatic heterocycles. The monoisotopic (exact) mass is 354 g/mol. The minimum absolute atomic E-state index is 0.249. The van der Waals surface area contributed by atoms with Crippen LogP contribution in [0, 0.1) is 30.1 Å². The molecular formula is C17H23BrOS. The Labute approximate surface area is 133 Å². The Hall–Kier alpha value is 0.140. The molecular weight excluding hydrogens is 332 g/mol. The van der Waals surface area contributed by atoms with E-state index in [4.69, 9.17) is 0 Å². The molecule has 1 heterocycles. The van der Waals surface area contributed by atoms with Crippen LogP contribution in [0.15, 0.2) is 10.5 Å². The first-order chi connectivity index (χ1) is 9.53. The number of hydrogen-bond donors (Lipinski definition) is 1. The molecule has 1 atom stereocenters. The van der Waals surface area contributed by atoms with Crippen molar-refractivity contribution in [3.05, 3.63) is 20.3 Å². The summed E-state index contributed by atoms with van der Waals surface area (Å²) in [6.07, 6.45) is 9.38. The average molecular weight is 355 g/mol. The molecule has 0 aliphatic heterocycles. The number of aryl methyl sites for hydroxylation is 1. The molecule has 0 radical (unpaired) electrons. The maximum absolute atomic E-state index is 10.7. The minimum Gasteiger partial charge on any atom is -0.388 e. The van der Waals surface area contributed by atoms with E-state index in [9.17, 15) is 5.11 Å². The zero-order valence-electron chi connectivity index (χ0n) is 12.1. The fourth-order valence-corrected chi connectivity index (χ4v) is 7.24. The summed E-state index contributed by atoms with van der Waals surface area (Å²) < 4.78 is 1.15. The standard InChI is InChI=1S/C17H23BrOS/c1-10-14(18)5-16(20-10)15(19)9-17-6-11-2-12(7-17)4-13(3-11)8-17/h5,11-13,15,19H,2-4,6-9H2,1H3. The lowest BCUT2D eigenvalue weighted by Crippen LogP contribution is -2.46. The fourth-order valence-electron chi connectivity index (χ4n) is 5.70. The fraction of sp³-hybridized carbons (Fsp3) is 0.765. The Morgan fingerprint density at radius 1 is 1.25 bits per heavy atom. The minimum atomic E-state index is -0.249. The second-order valence-corrected chi connectivity index (χ2v) is 9.83. The van der Waals surface area contributed by atoms with Gasteiger partial charge in [-0.2, -0.15) is 0 Å². The number of thiophene rings is 1. The van der Waals surface area contributed by atoms with Crippen molar-refractivity contribution in [2.45, 2.75) is 58.0 Å². The van der Waals surface area contributed by atoms with Gasteiger partial charge in [0.2, 0.25) is 0 Å². The molecule has 4 aliphatic rings. The summed E-state index contributed by atoms with van der Waals surface area (Å²) in [5, 5.41) is 10.7. The Kier molecular flexibility index (Phi) is 3.32. The van der Waals surface area contributed by atoms with Crippen LogP contribution in [-0.4, -0.2) is 5.11 Å². The van der Waals surface area contributed by atoms with Gasteiger partial charge in [-0.1, -0.05) is 0 Å². The maximum atomic E-state index is 10.7. The van der Waals surface area contributed by atoms with Crippen LogP contribution < -0.4 is 0 Å². The van der Waals surface area contributed by atoms with E-state index < -0.39 is 0 Å². The molecule has 1 N–H and O–H groups in total. The highest BCUT2D eigenvalue weighted by Crippen LogP contribution is 2.62. The zero-order valence-corrected chi connectivity index (χ0v) is 14.5. The van der Waals surface area contributed by atoms with E-state index in [-0.39, 0.29) is 6.10 Å². The summed E-state index contributed by atoms with van der Waals surface area (Å²) in [6.45, 7) is 2.12. The van der Waals surface area contributed by atoms with E-state index in [1.54, 1.807) is 11.3 Å². The first kappa shape index (κ1) is 13.8. The third-order valence-electron chi connectivity index (χ3n) is 6.00. The topological polar surface area (TPSA) is 20.2 Å². The van der Waals surface area contributed by atoms with Gasteiger partial charge < -0.3 is 5.11 Å². The zero-order chi connectivity index (χ0) is 13.9. The summed E-state index contributed by atoms with van der Waals surface area (Å²) in [4.78, 5) is 2.44. The van der Waals surface area contributed by atoms with Crippen LogP contribution in [0.1, 0.15) is 60.8 Å². The van der Waals surface area contributed by atoms with Crippen molar-refractivity contribution in [1.82, 2.24) is 0 Å². The third-order valence-corrected chi connectivity index (χ3v) is 8.23. The highest BCUT2D eigenvalue weighted by molar-refractivity contribution is 9.10. The predicted octanol–water partition coefficient (Wildman–Crippen LogP) is 5.46.